The van der Waals surface area contributed by atoms with Crippen LogP contribution in [0.15, 0.2) is 24.5 Å². The molecule has 0 saturated heterocycles. The molecule has 0 atom stereocenters. The standard InChI is InChI=1S/C9H9N5O2/c1-13-11-9(10-12-13)7-2-4-14(5-3-7)6-8(15)16/h2-5H,6H2,1H3/p+1. The molecule has 0 aliphatic carbocycles. The van der Waals surface area contributed by atoms with E-state index >= 15 is 0 Å². The number of carboxylic acid groups (broad SMARTS) is 1. The minimum absolute atomic E-state index is 0.0613. The second kappa shape index (κ2) is 4.05. The van der Waals surface area contributed by atoms with Gasteiger partial charge in [0.15, 0.2) is 12.4 Å². The number of hydrogen-bond donors (Lipinski definition) is 1. The monoisotopic (exact) mass is 220 g/mol. The summed E-state index contributed by atoms with van der Waals surface area (Å²) >= 11 is 0. The lowest BCUT2D eigenvalue weighted by molar-refractivity contribution is -0.685. The Bertz CT molecular complexity index is 505. The van der Waals surface area contributed by atoms with Crippen LogP contribution < -0.4 is 4.57 Å². The highest BCUT2D eigenvalue weighted by atomic mass is 16.4. The average molecular weight is 220 g/mol. The number of carboxylic acids is 1. The van der Waals surface area contributed by atoms with Gasteiger partial charge in [-0.15, -0.1) is 10.2 Å². The summed E-state index contributed by atoms with van der Waals surface area (Å²) in [6, 6.07) is 3.50. The van der Waals surface area contributed by atoms with Gasteiger partial charge in [-0.3, -0.25) is 0 Å². The van der Waals surface area contributed by atoms with Gasteiger partial charge in [-0.2, -0.15) is 9.36 Å². The summed E-state index contributed by atoms with van der Waals surface area (Å²) in [4.78, 5) is 11.8. The molecule has 7 nitrogen and oxygen atoms in total. The van der Waals surface area contributed by atoms with Crippen LogP contribution in [-0.4, -0.2) is 31.3 Å². The van der Waals surface area contributed by atoms with Crippen molar-refractivity contribution in [3.63, 3.8) is 0 Å². The number of hydrogen-bond acceptors (Lipinski definition) is 4. The molecule has 0 aliphatic heterocycles. The lowest BCUT2D eigenvalue weighted by Gasteiger charge is -1.93. The van der Waals surface area contributed by atoms with E-state index < -0.39 is 5.97 Å². The molecule has 0 radical (unpaired) electrons. The number of aliphatic carboxylic acids is 1. The van der Waals surface area contributed by atoms with Crippen LogP contribution in [0.4, 0.5) is 0 Å². The Hall–Kier alpha value is -2.31. The Kier molecular flexibility index (Phi) is 2.59. The van der Waals surface area contributed by atoms with Crippen LogP contribution in [0, 0.1) is 0 Å². The predicted molar refractivity (Wildman–Crippen MR) is 52.1 cm³/mol. The van der Waals surface area contributed by atoms with E-state index in [2.05, 4.69) is 15.4 Å². The second-order valence-electron chi connectivity index (χ2n) is 3.26. The minimum Gasteiger partial charge on any atom is -0.477 e. The molecule has 0 unspecified atom stereocenters. The van der Waals surface area contributed by atoms with Gasteiger partial charge >= 0.3 is 5.97 Å². The quantitative estimate of drug-likeness (QED) is 0.688. The van der Waals surface area contributed by atoms with Crippen molar-refractivity contribution in [2.45, 2.75) is 6.54 Å². The molecular formula is C9H10N5O2+. The van der Waals surface area contributed by atoms with Gasteiger partial charge in [0.25, 0.3) is 0 Å². The van der Waals surface area contributed by atoms with Crippen molar-refractivity contribution in [3.8, 4) is 11.4 Å². The smallest absolute Gasteiger partial charge is 0.370 e. The third-order valence-corrected chi connectivity index (χ3v) is 1.98. The van der Waals surface area contributed by atoms with E-state index in [1.165, 1.54) is 4.80 Å². The molecule has 0 spiro atoms. The number of pyridine rings is 1. The minimum atomic E-state index is -0.879. The van der Waals surface area contributed by atoms with Gasteiger partial charge in [-0.05, 0) is 5.21 Å². The maximum absolute atomic E-state index is 10.5. The van der Waals surface area contributed by atoms with Gasteiger partial charge in [0.1, 0.15) is 0 Å². The van der Waals surface area contributed by atoms with E-state index in [-0.39, 0.29) is 6.54 Å². The number of aryl methyl sites for hydroxylation is 1. The van der Waals surface area contributed by atoms with Crippen LogP contribution in [0.5, 0.6) is 0 Å². The molecule has 1 N–H and O–H groups in total. The van der Waals surface area contributed by atoms with Crippen LogP contribution in [0.25, 0.3) is 11.4 Å². The molecule has 0 saturated carbocycles. The van der Waals surface area contributed by atoms with Crippen molar-refractivity contribution in [3.05, 3.63) is 24.5 Å². The van der Waals surface area contributed by atoms with Gasteiger partial charge in [0.05, 0.1) is 7.05 Å². The number of carbonyl (C=O) groups is 1. The van der Waals surface area contributed by atoms with Crippen molar-refractivity contribution < 1.29 is 14.5 Å². The van der Waals surface area contributed by atoms with E-state index in [0.29, 0.717) is 5.82 Å². The van der Waals surface area contributed by atoms with Gasteiger partial charge in [0.2, 0.25) is 12.4 Å². The molecule has 2 aromatic rings. The topological polar surface area (TPSA) is 84.8 Å². The van der Waals surface area contributed by atoms with Crippen LogP contribution >= 0.6 is 0 Å². The molecule has 0 aromatic carbocycles. The summed E-state index contributed by atoms with van der Waals surface area (Å²) in [5.74, 6) is -0.361. The van der Waals surface area contributed by atoms with Crippen LogP contribution in [0.1, 0.15) is 0 Å². The molecule has 2 aromatic heterocycles. The van der Waals surface area contributed by atoms with E-state index in [9.17, 15) is 4.79 Å². The molecule has 2 heterocycles. The molecule has 0 bridgehead atoms. The number of aromatic nitrogens is 5. The first-order valence-electron chi connectivity index (χ1n) is 4.60. The summed E-state index contributed by atoms with van der Waals surface area (Å²) in [6.45, 7) is -0.0613. The van der Waals surface area contributed by atoms with Crippen LogP contribution in [-0.2, 0) is 18.4 Å². The average Bonchev–Trinajstić information content (AvgIpc) is 2.65. The maximum Gasteiger partial charge on any atom is 0.370 e. The lowest BCUT2D eigenvalue weighted by Crippen LogP contribution is -2.36. The number of tetrazole rings is 1. The third kappa shape index (κ3) is 2.19. The Morgan fingerprint density at radius 3 is 2.69 bits per heavy atom. The second-order valence-corrected chi connectivity index (χ2v) is 3.26. The fraction of sp³-hybridized carbons (Fsp3) is 0.222. The molecule has 0 amide bonds. The Morgan fingerprint density at radius 2 is 2.19 bits per heavy atom. The van der Waals surface area contributed by atoms with Crippen molar-refractivity contribution in [2.24, 2.45) is 7.05 Å². The lowest BCUT2D eigenvalue weighted by atomic mass is 10.2. The van der Waals surface area contributed by atoms with Crippen molar-refractivity contribution in [2.75, 3.05) is 0 Å². The zero-order valence-corrected chi connectivity index (χ0v) is 8.61. The summed E-state index contributed by atoms with van der Waals surface area (Å²) in [7, 11) is 1.68. The highest BCUT2D eigenvalue weighted by Crippen LogP contribution is 2.09. The highest BCUT2D eigenvalue weighted by Gasteiger charge is 2.09. The molecule has 82 valence electrons. The first-order chi connectivity index (χ1) is 7.65. The SMILES string of the molecule is Cn1nnc(-c2cc[n+](CC(=O)O)cc2)n1. The maximum atomic E-state index is 10.5. The number of rotatable bonds is 3. The van der Waals surface area contributed by atoms with E-state index in [1.807, 2.05) is 0 Å². The van der Waals surface area contributed by atoms with Gasteiger partial charge in [0, 0.05) is 17.7 Å². The molecule has 0 fully saturated rings. The van der Waals surface area contributed by atoms with Gasteiger partial charge < -0.3 is 5.11 Å². The molecule has 7 heteroatoms. The van der Waals surface area contributed by atoms with E-state index in [0.717, 1.165) is 5.56 Å². The normalized spacial score (nSPS) is 10.3. The fourth-order valence-electron chi connectivity index (χ4n) is 1.27. The third-order valence-electron chi connectivity index (χ3n) is 1.98. The molecule has 2 rings (SSSR count). The Labute approximate surface area is 91.0 Å². The Morgan fingerprint density at radius 1 is 1.50 bits per heavy atom. The van der Waals surface area contributed by atoms with Gasteiger partial charge in [-0.1, -0.05) is 0 Å². The molecular weight excluding hydrogens is 210 g/mol. The summed E-state index contributed by atoms with van der Waals surface area (Å²) in [6.07, 6.45) is 3.33. The zero-order chi connectivity index (χ0) is 11.5. The predicted octanol–water partition coefficient (Wildman–Crippen LogP) is -0.751. The van der Waals surface area contributed by atoms with E-state index in [1.54, 1.807) is 36.1 Å². The Balaban J connectivity index is 2.22. The number of nitrogens with zero attached hydrogens (tertiary/aromatic N) is 5. The van der Waals surface area contributed by atoms with Crippen molar-refractivity contribution in [1.29, 1.82) is 0 Å². The largest absolute Gasteiger partial charge is 0.477 e. The van der Waals surface area contributed by atoms with Crippen LogP contribution in [0.2, 0.25) is 0 Å². The highest BCUT2D eigenvalue weighted by molar-refractivity contribution is 5.64. The zero-order valence-electron chi connectivity index (χ0n) is 8.61. The van der Waals surface area contributed by atoms with Gasteiger partial charge in [-0.25, -0.2) is 4.79 Å². The summed E-state index contributed by atoms with van der Waals surface area (Å²) < 4.78 is 1.56. The fourth-order valence-corrected chi connectivity index (χ4v) is 1.27. The molecule has 16 heavy (non-hydrogen) atoms. The first-order valence-corrected chi connectivity index (χ1v) is 4.60. The van der Waals surface area contributed by atoms with Crippen LogP contribution in [0.3, 0.4) is 0 Å². The summed E-state index contributed by atoms with van der Waals surface area (Å²) in [5, 5.41) is 20.2. The first kappa shape index (κ1) is 10.2. The van der Waals surface area contributed by atoms with Crippen molar-refractivity contribution in [1.82, 2.24) is 20.2 Å². The van der Waals surface area contributed by atoms with Crippen molar-refractivity contribution >= 4 is 5.97 Å². The summed E-state index contributed by atoms with van der Waals surface area (Å²) in [5.41, 5.74) is 0.801. The van der Waals surface area contributed by atoms with E-state index in [4.69, 9.17) is 5.11 Å². The molecule has 0 aliphatic rings.